The van der Waals surface area contributed by atoms with Crippen LogP contribution in [0.2, 0.25) is 0 Å². The van der Waals surface area contributed by atoms with Crippen LogP contribution in [0.1, 0.15) is 62.7 Å². The highest BCUT2D eigenvalue weighted by atomic mass is 16.5. The Kier molecular flexibility index (Phi) is 4.17. The standard InChI is InChI=1S/C14H23N3O/c1-5-15-14-12(9(2)3)10(4)16-13(17-14)11-7-6-8-18-11/h9,11H,5-8H2,1-4H3,(H,15,16,17). The Hall–Kier alpha value is -1.16. The molecule has 100 valence electrons. The molecule has 1 fully saturated rings. The van der Waals surface area contributed by atoms with Crippen LogP contribution in [0, 0.1) is 6.92 Å². The molecule has 1 unspecified atom stereocenters. The van der Waals surface area contributed by atoms with Gasteiger partial charge in [0.2, 0.25) is 0 Å². The van der Waals surface area contributed by atoms with Gasteiger partial charge in [-0.3, -0.25) is 0 Å². The number of aryl methyl sites for hydroxylation is 1. The van der Waals surface area contributed by atoms with Crippen molar-refractivity contribution in [2.45, 2.75) is 52.6 Å². The third-order valence-corrected chi connectivity index (χ3v) is 3.29. The molecule has 1 aliphatic heterocycles. The van der Waals surface area contributed by atoms with E-state index in [4.69, 9.17) is 4.74 Å². The van der Waals surface area contributed by atoms with Crippen molar-refractivity contribution < 1.29 is 4.74 Å². The second-order valence-electron chi connectivity index (χ2n) is 5.12. The van der Waals surface area contributed by atoms with Gasteiger partial charge in [-0.1, -0.05) is 13.8 Å². The molecule has 1 aliphatic rings. The zero-order chi connectivity index (χ0) is 13.1. The number of hydrogen-bond acceptors (Lipinski definition) is 4. The Morgan fingerprint density at radius 2 is 2.17 bits per heavy atom. The fourth-order valence-electron chi connectivity index (χ4n) is 2.52. The van der Waals surface area contributed by atoms with Gasteiger partial charge in [0.15, 0.2) is 5.82 Å². The van der Waals surface area contributed by atoms with E-state index in [-0.39, 0.29) is 6.10 Å². The van der Waals surface area contributed by atoms with Gasteiger partial charge in [0, 0.05) is 24.4 Å². The summed E-state index contributed by atoms with van der Waals surface area (Å²) in [6.45, 7) is 10.2. The molecule has 4 nitrogen and oxygen atoms in total. The van der Waals surface area contributed by atoms with E-state index in [1.54, 1.807) is 0 Å². The van der Waals surface area contributed by atoms with Crippen LogP contribution in [0.15, 0.2) is 0 Å². The van der Waals surface area contributed by atoms with Crippen molar-refractivity contribution in [1.29, 1.82) is 0 Å². The van der Waals surface area contributed by atoms with Crippen LogP contribution in [0.25, 0.3) is 0 Å². The molecule has 2 heterocycles. The molecule has 1 N–H and O–H groups in total. The number of nitrogens with zero attached hydrogens (tertiary/aromatic N) is 2. The van der Waals surface area contributed by atoms with Crippen LogP contribution < -0.4 is 5.32 Å². The van der Waals surface area contributed by atoms with Gasteiger partial charge in [-0.2, -0.15) is 0 Å². The Labute approximate surface area is 109 Å². The molecule has 0 aliphatic carbocycles. The first-order chi connectivity index (χ1) is 8.63. The van der Waals surface area contributed by atoms with Crippen molar-refractivity contribution in [3.8, 4) is 0 Å². The highest BCUT2D eigenvalue weighted by molar-refractivity contribution is 5.48. The fraction of sp³-hybridized carbons (Fsp3) is 0.714. The maximum atomic E-state index is 5.67. The van der Waals surface area contributed by atoms with E-state index in [0.29, 0.717) is 5.92 Å². The molecule has 0 saturated carbocycles. The molecule has 0 radical (unpaired) electrons. The van der Waals surface area contributed by atoms with Gasteiger partial charge < -0.3 is 10.1 Å². The van der Waals surface area contributed by atoms with Crippen molar-refractivity contribution in [3.63, 3.8) is 0 Å². The lowest BCUT2D eigenvalue weighted by atomic mass is 10.0. The molecule has 1 atom stereocenters. The zero-order valence-electron chi connectivity index (χ0n) is 11.8. The molecular formula is C14H23N3O. The summed E-state index contributed by atoms with van der Waals surface area (Å²) in [4.78, 5) is 9.32. The zero-order valence-corrected chi connectivity index (χ0v) is 11.8. The van der Waals surface area contributed by atoms with Gasteiger partial charge in [0.05, 0.1) is 0 Å². The molecule has 0 spiro atoms. The largest absolute Gasteiger partial charge is 0.370 e. The number of rotatable bonds is 4. The van der Waals surface area contributed by atoms with Crippen LogP contribution in [0.5, 0.6) is 0 Å². The van der Waals surface area contributed by atoms with E-state index < -0.39 is 0 Å². The molecule has 2 rings (SSSR count). The fourth-order valence-corrected chi connectivity index (χ4v) is 2.52. The monoisotopic (exact) mass is 249 g/mol. The molecule has 18 heavy (non-hydrogen) atoms. The van der Waals surface area contributed by atoms with Crippen molar-refractivity contribution in [3.05, 3.63) is 17.1 Å². The van der Waals surface area contributed by atoms with Crippen molar-refractivity contribution >= 4 is 5.82 Å². The summed E-state index contributed by atoms with van der Waals surface area (Å²) in [5, 5.41) is 3.36. The van der Waals surface area contributed by atoms with Crippen LogP contribution in [0.4, 0.5) is 5.82 Å². The summed E-state index contributed by atoms with van der Waals surface area (Å²) in [6, 6.07) is 0. The van der Waals surface area contributed by atoms with E-state index >= 15 is 0 Å². The molecular weight excluding hydrogens is 226 g/mol. The molecule has 1 aromatic rings. The molecule has 0 bridgehead atoms. The molecule has 1 saturated heterocycles. The lowest BCUT2D eigenvalue weighted by molar-refractivity contribution is 0.105. The Morgan fingerprint density at radius 3 is 2.72 bits per heavy atom. The third-order valence-electron chi connectivity index (χ3n) is 3.29. The van der Waals surface area contributed by atoms with Crippen LogP contribution in [0.3, 0.4) is 0 Å². The second kappa shape index (κ2) is 5.65. The van der Waals surface area contributed by atoms with Crippen molar-refractivity contribution in [2.24, 2.45) is 0 Å². The lowest BCUT2D eigenvalue weighted by Gasteiger charge is -2.18. The first kappa shape index (κ1) is 13.3. The van der Waals surface area contributed by atoms with Crippen LogP contribution in [-0.4, -0.2) is 23.1 Å². The topological polar surface area (TPSA) is 47.0 Å². The summed E-state index contributed by atoms with van der Waals surface area (Å²) in [6.07, 6.45) is 2.23. The summed E-state index contributed by atoms with van der Waals surface area (Å²) in [5.41, 5.74) is 2.29. The Bertz CT molecular complexity index is 412. The van der Waals surface area contributed by atoms with Gasteiger partial charge in [-0.15, -0.1) is 0 Å². The third kappa shape index (κ3) is 2.64. The van der Waals surface area contributed by atoms with Crippen molar-refractivity contribution in [1.82, 2.24) is 9.97 Å². The molecule has 1 aromatic heterocycles. The summed E-state index contributed by atoms with van der Waals surface area (Å²) in [7, 11) is 0. The predicted octanol–water partition coefficient (Wildman–Crippen LogP) is 3.19. The summed E-state index contributed by atoms with van der Waals surface area (Å²) in [5.74, 6) is 2.24. The molecule has 4 heteroatoms. The van der Waals surface area contributed by atoms with Gasteiger partial charge in [0.1, 0.15) is 11.9 Å². The highest BCUT2D eigenvalue weighted by Crippen LogP contribution is 2.31. The van der Waals surface area contributed by atoms with E-state index in [1.807, 2.05) is 0 Å². The molecule has 0 aromatic carbocycles. The van der Waals surface area contributed by atoms with Crippen LogP contribution in [-0.2, 0) is 4.74 Å². The van der Waals surface area contributed by atoms with Gasteiger partial charge in [-0.05, 0) is 32.6 Å². The highest BCUT2D eigenvalue weighted by Gasteiger charge is 2.23. The maximum Gasteiger partial charge on any atom is 0.159 e. The first-order valence-corrected chi connectivity index (χ1v) is 6.87. The Balaban J connectivity index is 2.39. The number of aromatic nitrogens is 2. The van der Waals surface area contributed by atoms with Gasteiger partial charge in [0.25, 0.3) is 0 Å². The minimum atomic E-state index is 0.0855. The smallest absolute Gasteiger partial charge is 0.159 e. The lowest BCUT2D eigenvalue weighted by Crippen LogP contribution is -2.13. The Morgan fingerprint density at radius 1 is 1.39 bits per heavy atom. The van der Waals surface area contributed by atoms with Crippen LogP contribution >= 0.6 is 0 Å². The van der Waals surface area contributed by atoms with E-state index in [9.17, 15) is 0 Å². The normalized spacial score (nSPS) is 19.5. The number of ether oxygens (including phenoxy) is 1. The van der Waals surface area contributed by atoms with E-state index in [2.05, 4.69) is 43.0 Å². The van der Waals surface area contributed by atoms with E-state index in [1.165, 1.54) is 5.56 Å². The average Bonchev–Trinajstić information content (AvgIpc) is 2.81. The second-order valence-corrected chi connectivity index (χ2v) is 5.12. The minimum Gasteiger partial charge on any atom is -0.370 e. The minimum absolute atomic E-state index is 0.0855. The quantitative estimate of drug-likeness (QED) is 0.890. The first-order valence-electron chi connectivity index (χ1n) is 6.87. The van der Waals surface area contributed by atoms with Crippen molar-refractivity contribution in [2.75, 3.05) is 18.5 Å². The predicted molar refractivity (Wildman–Crippen MR) is 72.9 cm³/mol. The number of nitrogens with one attached hydrogen (secondary N) is 1. The summed E-state index contributed by atoms with van der Waals surface area (Å²) < 4.78 is 5.67. The average molecular weight is 249 g/mol. The molecule has 0 amide bonds. The van der Waals surface area contributed by atoms with Gasteiger partial charge >= 0.3 is 0 Å². The SMILES string of the molecule is CCNc1nc(C2CCCO2)nc(C)c1C(C)C. The maximum absolute atomic E-state index is 5.67. The number of hydrogen-bond donors (Lipinski definition) is 1. The summed E-state index contributed by atoms with van der Waals surface area (Å²) >= 11 is 0. The number of anilines is 1. The van der Waals surface area contributed by atoms with E-state index in [0.717, 1.165) is 43.3 Å². The van der Waals surface area contributed by atoms with Gasteiger partial charge in [-0.25, -0.2) is 9.97 Å².